The van der Waals surface area contributed by atoms with Crippen molar-refractivity contribution in [1.82, 2.24) is 5.32 Å². The van der Waals surface area contributed by atoms with Gasteiger partial charge in [0.25, 0.3) is 0 Å². The zero-order chi connectivity index (χ0) is 11.2. The van der Waals surface area contributed by atoms with E-state index in [4.69, 9.17) is 16.7 Å². The molecule has 0 aromatic rings. The number of primary amides is 1. The lowest BCUT2D eigenvalue weighted by molar-refractivity contribution is -0.123. The smallest absolute Gasteiger partial charge is 0.237 e. The summed E-state index contributed by atoms with van der Waals surface area (Å²) in [6.45, 7) is 4.00. The number of nitrogens with zero attached hydrogens (tertiary/aromatic N) is 1. The number of rotatable bonds is 6. The Balaban J connectivity index is 3.70. The van der Waals surface area contributed by atoms with Gasteiger partial charge in [-0.25, -0.2) is 0 Å². The second-order valence-corrected chi connectivity index (χ2v) is 3.61. The Morgan fingerprint density at radius 3 is 2.50 bits per heavy atom. The normalized spacial score (nSPS) is 12.9. The van der Waals surface area contributed by atoms with Gasteiger partial charge in [0.2, 0.25) is 5.91 Å². The molecule has 6 heteroatoms. The van der Waals surface area contributed by atoms with E-state index in [2.05, 4.69) is 10.5 Å². The number of carbonyl (C=O) groups is 1. The first kappa shape index (κ1) is 12.7. The fraction of sp³-hybridized carbons (Fsp3) is 0.750. The highest BCUT2D eigenvalue weighted by atomic mass is 16.4. The van der Waals surface area contributed by atoms with Crippen LogP contribution in [0, 0.1) is 0 Å². The molecule has 14 heavy (non-hydrogen) atoms. The van der Waals surface area contributed by atoms with Gasteiger partial charge in [-0.1, -0.05) is 5.16 Å². The first-order valence-corrected chi connectivity index (χ1v) is 4.41. The van der Waals surface area contributed by atoms with Crippen molar-refractivity contribution in [2.24, 2.45) is 16.6 Å². The molecule has 0 saturated heterocycles. The molecule has 0 aromatic carbocycles. The first-order chi connectivity index (χ1) is 6.40. The van der Waals surface area contributed by atoms with Gasteiger partial charge in [0, 0.05) is 6.42 Å². The Bertz CT molecular complexity index is 225. The van der Waals surface area contributed by atoms with Crippen molar-refractivity contribution in [3.8, 4) is 0 Å². The number of amidine groups is 1. The van der Waals surface area contributed by atoms with E-state index in [0.29, 0.717) is 19.4 Å². The SMILES string of the molecule is CC(C)(NCCCC(N)=NO)C(N)=O. The number of amides is 1. The maximum Gasteiger partial charge on any atom is 0.237 e. The zero-order valence-corrected chi connectivity index (χ0v) is 8.58. The van der Waals surface area contributed by atoms with Crippen molar-refractivity contribution < 1.29 is 10.0 Å². The molecule has 0 aromatic heterocycles. The van der Waals surface area contributed by atoms with E-state index in [9.17, 15) is 4.79 Å². The van der Waals surface area contributed by atoms with E-state index in [1.807, 2.05) is 0 Å². The van der Waals surface area contributed by atoms with E-state index in [0.717, 1.165) is 0 Å². The summed E-state index contributed by atoms with van der Waals surface area (Å²) in [5, 5.41) is 14.1. The van der Waals surface area contributed by atoms with Gasteiger partial charge in [0.05, 0.1) is 5.54 Å². The summed E-state index contributed by atoms with van der Waals surface area (Å²) in [4.78, 5) is 10.9. The predicted octanol–water partition coefficient (Wildman–Crippen LogP) is -0.633. The molecule has 6 N–H and O–H groups in total. The van der Waals surface area contributed by atoms with Crippen molar-refractivity contribution in [1.29, 1.82) is 0 Å². The number of hydrogen-bond acceptors (Lipinski definition) is 4. The standard InChI is InChI=1S/C8H18N4O2/c1-8(2,7(10)13)11-5-3-4-6(9)12-14/h11,14H,3-5H2,1-2H3,(H2,9,12)(H2,10,13). The van der Waals surface area contributed by atoms with Crippen LogP contribution in [0.1, 0.15) is 26.7 Å². The molecule has 0 fully saturated rings. The lowest BCUT2D eigenvalue weighted by Gasteiger charge is -2.21. The van der Waals surface area contributed by atoms with Crippen LogP contribution in [0.5, 0.6) is 0 Å². The Morgan fingerprint density at radius 2 is 2.07 bits per heavy atom. The number of oxime groups is 1. The molecule has 0 saturated carbocycles. The molecule has 0 atom stereocenters. The number of carbonyl (C=O) groups excluding carboxylic acids is 1. The minimum atomic E-state index is -0.717. The van der Waals surface area contributed by atoms with Gasteiger partial charge in [-0.2, -0.15) is 0 Å². The Morgan fingerprint density at radius 1 is 1.50 bits per heavy atom. The molecule has 0 spiro atoms. The highest BCUT2D eigenvalue weighted by Gasteiger charge is 2.23. The number of hydrogen-bond donors (Lipinski definition) is 4. The molecule has 1 amide bonds. The number of nitrogens with one attached hydrogen (secondary N) is 1. The predicted molar refractivity (Wildman–Crippen MR) is 53.9 cm³/mol. The molecule has 0 bridgehead atoms. The molecule has 82 valence electrons. The van der Waals surface area contributed by atoms with Crippen LogP contribution in [-0.4, -0.2) is 29.0 Å². The summed E-state index contributed by atoms with van der Waals surface area (Å²) in [6.07, 6.45) is 1.17. The summed E-state index contributed by atoms with van der Waals surface area (Å²) < 4.78 is 0. The average Bonchev–Trinajstić information content (AvgIpc) is 2.11. The molecule has 0 radical (unpaired) electrons. The fourth-order valence-electron chi connectivity index (χ4n) is 0.808. The van der Waals surface area contributed by atoms with Crippen LogP contribution < -0.4 is 16.8 Å². The van der Waals surface area contributed by atoms with Gasteiger partial charge in [0.15, 0.2) is 0 Å². The van der Waals surface area contributed by atoms with Crippen molar-refractivity contribution in [3.63, 3.8) is 0 Å². The topological polar surface area (TPSA) is 114 Å². The van der Waals surface area contributed by atoms with E-state index >= 15 is 0 Å². The van der Waals surface area contributed by atoms with Crippen LogP contribution in [0.2, 0.25) is 0 Å². The van der Waals surface area contributed by atoms with Crippen molar-refractivity contribution in [3.05, 3.63) is 0 Å². The third kappa shape index (κ3) is 4.66. The molecule has 0 aliphatic rings. The minimum Gasteiger partial charge on any atom is -0.409 e. The highest BCUT2D eigenvalue weighted by Crippen LogP contribution is 2.00. The summed E-state index contributed by atoms with van der Waals surface area (Å²) in [5.74, 6) is -0.218. The molecular weight excluding hydrogens is 184 g/mol. The average molecular weight is 202 g/mol. The van der Waals surface area contributed by atoms with Crippen LogP contribution >= 0.6 is 0 Å². The summed E-state index contributed by atoms with van der Waals surface area (Å²) in [7, 11) is 0. The maximum atomic E-state index is 10.9. The van der Waals surface area contributed by atoms with E-state index in [1.165, 1.54) is 0 Å². The largest absolute Gasteiger partial charge is 0.409 e. The molecule has 0 unspecified atom stereocenters. The van der Waals surface area contributed by atoms with Crippen molar-refractivity contribution in [2.45, 2.75) is 32.2 Å². The van der Waals surface area contributed by atoms with Crippen LogP contribution in [0.3, 0.4) is 0 Å². The highest BCUT2D eigenvalue weighted by molar-refractivity contribution is 5.83. The first-order valence-electron chi connectivity index (χ1n) is 4.41. The fourth-order valence-corrected chi connectivity index (χ4v) is 0.808. The summed E-state index contributed by atoms with van der Waals surface area (Å²) in [5.41, 5.74) is 9.69. The lowest BCUT2D eigenvalue weighted by Crippen LogP contribution is -2.50. The second kappa shape index (κ2) is 5.43. The van der Waals surface area contributed by atoms with Crippen LogP contribution in [-0.2, 0) is 4.79 Å². The van der Waals surface area contributed by atoms with Gasteiger partial charge in [-0.05, 0) is 26.8 Å². The quantitative estimate of drug-likeness (QED) is 0.151. The lowest BCUT2D eigenvalue weighted by atomic mass is 10.1. The van der Waals surface area contributed by atoms with Gasteiger partial charge in [0.1, 0.15) is 5.84 Å². The molecule has 0 rings (SSSR count). The third-order valence-corrected chi connectivity index (χ3v) is 1.92. The molecule has 0 aliphatic carbocycles. The Kier molecular flexibility index (Phi) is 4.93. The minimum absolute atomic E-state index is 0.184. The summed E-state index contributed by atoms with van der Waals surface area (Å²) in [6, 6.07) is 0. The van der Waals surface area contributed by atoms with Gasteiger partial charge >= 0.3 is 0 Å². The van der Waals surface area contributed by atoms with E-state index in [1.54, 1.807) is 13.8 Å². The molecule has 6 nitrogen and oxygen atoms in total. The van der Waals surface area contributed by atoms with E-state index in [-0.39, 0.29) is 5.84 Å². The van der Waals surface area contributed by atoms with Crippen LogP contribution in [0.15, 0.2) is 5.16 Å². The van der Waals surface area contributed by atoms with E-state index < -0.39 is 11.4 Å². The van der Waals surface area contributed by atoms with Gasteiger partial charge < -0.3 is 22.0 Å². The monoisotopic (exact) mass is 202 g/mol. The van der Waals surface area contributed by atoms with Gasteiger partial charge in [-0.3, -0.25) is 4.79 Å². The zero-order valence-electron chi connectivity index (χ0n) is 8.58. The van der Waals surface area contributed by atoms with Crippen molar-refractivity contribution in [2.75, 3.05) is 6.54 Å². The third-order valence-electron chi connectivity index (χ3n) is 1.92. The van der Waals surface area contributed by atoms with Gasteiger partial charge in [-0.15, -0.1) is 0 Å². The Labute approximate surface area is 83.3 Å². The molecule has 0 aliphatic heterocycles. The molecular formula is C8H18N4O2. The number of nitrogens with two attached hydrogens (primary N) is 2. The molecule has 0 heterocycles. The Hall–Kier alpha value is -1.30. The summed E-state index contributed by atoms with van der Waals surface area (Å²) >= 11 is 0. The van der Waals surface area contributed by atoms with Crippen LogP contribution in [0.4, 0.5) is 0 Å². The second-order valence-electron chi connectivity index (χ2n) is 3.61. The van der Waals surface area contributed by atoms with Crippen molar-refractivity contribution >= 4 is 11.7 Å². The maximum absolute atomic E-state index is 10.9. The van der Waals surface area contributed by atoms with Crippen LogP contribution in [0.25, 0.3) is 0 Å².